The molecule has 0 saturated carbocycles. The van der Waals surface area contributed by atoms with E-state index in [1.807, 2.05) is 6.07 Å². The highest BCUT2D eigenvalue weighted by Gasteiger charge is 2.21. The highest BCUT2D eigenvalue weighted by Crippen LogP contribution is 2.29. The lowest BCUT2D eigenvalue weighted by molar-refractivity contribution is 0.0398. The molecule has 3 rings (SSSR count). The van der Waals surface area contributed by atoms with Crippen LogP contribution in [0.25, 0.3) is 0 Å². The minimum atomic E-state index is -0.999. The van der Waals surface area contributed by atoms with Gasteiger partial charge in [-0.1, -0.05) is 77.3 Å². The van der Waals surface area contributed by atoms with Crippen LogP contribution >= 0.6 is 34.8 Å². The summed E-state index contributed by atoms with van der Waals surface area (Å²) in [6.45, 7) is 0. The van der Waals surface area contributed by atoms with Gasteiger partial charge < -0.3 is 4.74 Å². The highest BCUT2D eigenvalue weighted by molar-refractivity contribution is 6.42. The molecule has 0 amide bonds. The maximum Gasteiger partial charge on any atom is 0.349 e. The predicted octanol–water partition coefficient (Wildman–Crippen LogP) is 5.88. The first-order chi connectivity index (χ1) is 13.4. The predicted molar refractivity (Wildman–Crippen MR) is 108 cm³/mol. The first-order valence-electron chi connectivity index (χ1n) is 7.97. The van der Waals surface area contributed by atoms with Gasteiger partial charge >= 0.3 is 11.9 Å². The number of esters is 2. The Balaban J connectivity index is 1.75. The Bertz CT molecular complexity index is 1040. The van der Waals surface area contributed by atoms with E-state index in [2.05, 4.69) is 0 Å². The third kappa shape index (κ3) is 4.42. The molecule has 0 saturated heterocycles. The maximum atomic E-state index is 12.4. The number of ketones is 1. The SMILES string of the molecule is O=C(OC(=O)c1c(Cl)cc(Cl)cc1Cl)c1ccc([14C](=O)c2ccccc2)cc1. The summed E-state index contributed by atoms with van der Waals surface area (Å²) in [6, 6.07) is 17.1. The van der Waals surface area contributed by atoms with Crippen molar-refractivity contribution in [2.75, 3.05) is 0 Å². The van der Waals surface area contributed by atoms with Crippen molar-refractivity contribution in [1.82, 2.24) is 0 Å². The van der Waals surface area contributed by atoms with Crippen LogP contribution in [0.2, 0.25) is 15.1 Å². The topological polar surface area (TPSA) is 60.4 Å². The maximum absolute atomic E-state index is 12.4. The number of carbonyl (C=O) groups excluding carboxylic acids is 3. The molecular formula is C21H11Cl3O4. The number of halogens is 3. The van der Waals surface area contributed by atoms with Gasteiger partial charge in [-0.2, -0.15) is 0 Å². The molecule has 28 heavy (non-hydrogen) atoms. The number of benzene rings is 3. The molecule has 0 fully saturated rings. The summed E-state index contributed by atoms with van der Waals surface area (Å²) in [6.07, 6.45) is 0. The molecule has 0 radical (unpaired) electrons. The molecule has 0 aliphatic heterocycles. The van der Waals surface area contributed by atoms with Crippen LogP contribution in [0.1, 0.15) is 36.6 Å². The fourth-order valence-electron chi connectivity index (χ4n) is 2.45. The summed E-state index contributed by atoms with van der Waals surface area (Å²) in [5, 5.41) is 0.190. The molecule has 0 aliphatic rings. The smallest absolute Gasteiger partial charge is 0.349 e. The lowest BCUT2D eigenvalue weighted by atomic mass is 10.2. The first-order valence-corrected chi connectivity index (χ1v) is 9.11. The molecule has 0 atom stereocenters. The standard InChI is InChI=1S/C21H11Cl3O4/c22-15-10-16(23)18(17(24)11-15)21(27)28-20(26)14-8-6-13(7-9-14)19(25)12-4-2-1-3-5-12/h1-11H/i19+2. The van der Waals surface area contributed by atoms with Crippen molar-refractivity contribution in [3.63, 3.8) is 0 Å². The van der Waals surface area contributed by atoms with E-state index in [0.717, 1.165) is 0 Å². The average Bonchev–Trinajstić information content (AvgIpc) is 2.67. The Labute approximate surface area is 175 Å². The summed E-state index contributed by atoms with van der Waals surface area (Å²) >= 11 is 17.7. The van der Waals surface area contributed by atoms with E-state index in [4.69, 9.17) is 39.5 Å². The van der Waals surface area contributed by atoms with Gasteiger partial charge in [0, 0.05) is 16.1 Å². The molecule has 3 aromatic carbocycles. The van der Waals surface area contributed by atoms with E-state index >= 15 is 0 Å². The van der Waals surface area contributed by atoms with Crippen molar-refractivity contribution < 1.29 is 19.1 Å². The molecule has 0 spiro atoms. The van der Waals surface area contributed by atoms with Gasteiger partial charge in [0.15, 0.2) is 5.78 Å². The number of rotatable bonds is 4. The van der Waals surface area contributed by atoms with Gasteiger partial charge in [-0.3, -0.25) is 4.79 Å². The fourth-order valence-corrected chi connectivity index (χ4v) is 3.42. The van der Waals surface area contributed by atoms with Crippen LogP contribution in [0.15, 0.2) is 66.7 Å². The van der Waals surface area contributed by atoms with Crippen LogP contribution in [0, 0.1) is 0 Å². The Morgan fingerprint density at radius 3 is 1.86 bits per heavy atom. The fraction of sp³-hybridized carbons (Fsp3) is 0. The van der Waals surface area contributed by atoms with Crippen LogP contribution in [0.5, 0.6) is 0 Å². The molecule has 0 unspecified atom stereocenters. The second-order valence-corrected chi connectivity index (χ2v) is 6.94. The van der Waals surface area contributed by atoms with Gasteiger partial charge in [0.25, 0.3) is 0 Å². The lowest BCUT2D eigenvalue weighted by Gasteiger charge is -2.08. The average molecular weight is 436 g/mol. The Kier molecular flexibility index (Phi) is 6.15. The van der Waals surface area contributed by atoms with E-state index in [1.54, 1.807) is 24.3 Å². The molecule has 0 aromatic heterocycles. The second-order valence-electron chi connectivity index (χ2n) is 5.69. The van der Waals surface area contributed by atoms with Crippen molar-refractivity contribution in [3.8, 4) is 0 Å². The Morgan fingerprint density at radius 2 is 1.29 bits per heavy atom. The van der Waals surface area contributed by atoms with Crippen LogP contribution in [-0.2, 0) is 4.74 Å². The number of carbonyl (C=O) groups is 3. The van der Waals surface area contributed by atoms with E-state index in [0.29, 0.717) is 11.1 Å². The molecule has 3 aromatic rings. The summed E-state index contributed by atoms with van der Waals surface area (Å²) in [5.74, 6) is -2.08. The summed E-state index contributed by atoms with van der Waals surface area (Å²) in [7, 11) is 0. The minimum Gasteiger partial charge on any atom is -0.386 e. The van der Waals surface area contributed by atoms with Crippen molar-refractivity contribution in [2.45, 2.75) is 0 Å². The second kappa shape index (κ2) is 8.57. The molecule has 140 valence electrons. The van der Waals surface area contributed by atoms with Crippen molar-refractivity contribution in [2.24, 2.45) is 0 Å². The zero-order valence-electron chi connectivity index (χ0n) is 14.1. The van der Waals surface area contributed by atoms with Gasteiger partial charge in [0.1, 0.15) is 0 Å². The summed E-state index contributed by atoms with van der Waals surface area (Å²) < 4.78 is 4.83. The number of hydrogen-bond acceptors (Lipinski definition) is 4. The first kappa shape index (κ1) is 20.1. The number of hydrogen-bond donors (Lipinski definition) is 0. The van der Waals surface area contributed by atoms with Crippen LogP contribution in [-0.4, -0.2) is 17.7 Å². The zero-order valence-corrected chi connectivity index (χ0v) is 16.4. The van der Waals surface area contributed by atoms with Crippen molar-refractivity contribution in [3.05, 3.63) is 104 Å². The Morgan fingerprint density at radius 1 is 0.750 bits per heavy atom. The van der Waals surface area contributed by atoms with E-state index < -0.39 is 11.9 Å². The highest BCUT2D eigenvalue weighted by atomic mass is 35.5. The molecule has 7 heteroatoms. The monoisotopic (exact) mass is 434 g/mol. The minimum absolute atomic E-state index is 0.0286. The molecule has 0 N–H and O–H groups in total. The molecule has 0 heterocycles. The summed E-state index contributed by atoms with van der Waals surface area (Å²) in [5.41, 5.74) is 0.869. The van der Waals surface area contributed by atoms with Gasteiger partial charge in [0.05, 0.1) is 21.2 Å². The summed E-state index contributed by atoms with van der Waals surface area (Å²) in [4.78, 5) is 36.8. The van der Waals surface area contributed by atoms with Gasteiger partial charge in [-0.25, -0.2) is 9.59 Å². The van der Waals surface area contributed by atoms with Gasteiger partial charge in [-0.05, 0) is 24.3 Å². The third-order valence-corrected chi connectivity index (χ3v) is 4.63. The lowest BCUT2D eigenvalue weighted by Crippen LogP contribution is -2.14. The molecule has 4 nitrogen and oxygen atoms in total. The van der Waals surface area contributed by atoms with E-state index in [9.17, 15) is 14.4 Å². The largest absolute Gasteiger partial charge is 0.386 e. The molecule has 0 aliphatic carbocycles. The molecular weight excluding hydrogens is 425 g/mol. The van der Waals surface area contributed by atoms with Crippen LogP contribution in [0.3, 0.4) is 0 Å². The Hall–Kier alpha value is -2.66. The third-order valence-electron chi connectivity index (χ3n) is 3.82. The normalized spacial score (nSPS) is 10.4. The zero-order chi connectivity index (χ0) is 20.3. The van der Waals surface area contributed by atoms with Crippen molar-refractivity contribution in [1.29, 1.82) is 0 Å². The van der Waals surface area contributed by atoms with Crippen molar-refractivity contribution >= 4 is 52.5 Å². The van der Waals surface area contributed by atoms with Crippen LogP contribution < -0.4 is 0 Å². The van der Waals surface area contributed by atoms with Crippen LogP contribution in [0.4, 0.5) is 0 Å². The van der Waals surface area contributed by atoms with E-state index in [-0.39, 0.29) is 32.0 Å². The number of ether oxygens (including phenoxy) is 1. The van der Waals surface area contributed by atoms with Gasteiger partial charge in [0.2, 0.25) is 0 Å². The van der Waals surface area contributed by atoms with E-state index in [1.165, 1.54) is 36.4 Å². The quantitative estimate of drug-likeness (QED) is 0.292. The van der Waals surface area contributed by atoms with Gasteiger partial charge in [-0.15, -0.1) is 0 Å². The molecule has 0 bridgehead atoms.